The van der Waals surface area contributed by atoms with Crippen LogP contribution in [-0.2, 0) is 19.1 Å². The van der Waals surface area contributed by atoms with E-state index in [9.17, 15) is 14.4 Å². The Labute approximate surface area is 172 Å². The maximum absolute atomic E-state index is 12.3. The number of hydrogen-bond acceptors (Lipinski definition) is 4. The fraction of sp³-hybridized carbons (Fsp3) is 0.250. The Bertz CT molecular complexity index is 932. The second-order valence-electron chi connectivity index (χ2n) is 6.48. The van der Waals surface area contributed by atoms with Crippen molar-refractivity contribution < 1.29 is 19.1 Å². The third kappa shape index (κ3) is 4.64. The molecule has 28 heavy (non-hydrogen) atoms. The standard InChI is InChI=1S/C20H18Cl2N2O4/c1-12-6-7-14(9-16(12)22)23-18(25)11-28-20(27)13-8-19(26)24(10-13)17-5-3-2-4-15(17)21/h2-7,9,13H,8,10-11H2,1H3,(H,23,25). The van der Waals surface area contributed by atoms with E-state index in [4.69, 9.17) is 27.9 Å². The molecule has 1 aliphatic heterocycles. The van der Waals surface area contributed by atoms with Gasteiger partial charge in [-0.25, -0.2) is 0 Å². The van der Waals surface area contributed by atoms with E-state index < -0.39 is 24.4 Å². The van der Waals surface area contributed by atoms with Crippen molar-refractivity contribution in [3.05, 3.63) is 58.1 Å². The first-order chi connectivity index (χ1) is 13.3. The van der Waals surface area contributed by atoms with Crippen LogP contribution >= 0.6 is 23.2 Å². The molecule has 0 saturated carbocycles. The van der Waals surface area contributed by atoms with E-state index >= 15 is 0 Å². The average Bonchev–Trinajstić information content (AvgIpc) is 3.05. The quantitative estimate of drug-likeness (QED) is 0.745. The zero-order valence-corrected chi connectivity index (χ0v) is 16.6. The molecule has 0 aliphatic carbocycles. The molecule has 1 aliphatic rings. The Kier molecular flexibility index (Phi) is 6.21. The number of aryl methyl sites for hydroxylation is 1. The minimum absolute atomic E-state index is 0.0131. The monoisotopic (exact) mass is 420 g/mol. The van der Waals surface area contributed by atoms with Crippen molar-refractivity contribution in [1.29, 1.82) is 0 Å². The minimum atomic E-state index is -0.648. The Balaban J connectivity index is 1.54. The van der Waals surface area contributed by atoms with E-state index in [0.29, 0.717) is 21.4 Å². The molecule has 2 aromatic rings. The predicted octanol–water partition coefficient (Wildman–Crippen LogP) is 3.84. The highest BCUT2D eigenvalue weighted by Crippen LogP contribution is 2.31. The van der Waals surface area contributed by atoms with E-state index in [-0.39, 0.29) is 18.9 Å². The van der Waals surface area contributed by atoms with E-state index in [1.165, 1.54) is 4.90 Å². The van der Waals surface area contributed by atoms with Crippen LogP contribution in [0.15, 0.2) is 42.5 Å². The molecule has 1 N–H and O–H groups in total. The lowest BCUT2D eigenvalue weighted by atomic mass is 10.1. The molecule has 8 heteroatoms. The Morgan fingerprint density at radius 3 is 2.64 bits per heavy atom. The molecule has 2 aromatic carbocycles. The number of amides is 2. The fourth-order valence-corrected chi connectivity index (χ4v) is 3.31. The zero-order chi connectivity index (χ0) is 20.3. The smallest absolute Gasteiger partial charge is 0.311 e. The van der Waals surface area contributed by atoms with Crippen LogP contribution in [0.5, 0.6) is 0 Å². The van der Waals surface area contributed by atoms with Crippen LogP contribution in [-0.4, -0.2) is 30.9 Å². The molecule has 0 radical (unpaired) electrons. The molecule has 146 valence electrons. The van der Waals surface area contributed by atoms with Gasteiger partial charge in [0.1, 0.15) is 0 Å². The third-order valence-electron chi connectivity index (χ3n) is 4.40. The first-order valence-electron chi connectivity index (χ1n) is 8.62. The van der Waals surface area contributed by atoms with Gasteiger partial charge in [-0.3, -0.25) is 14.4 Å². The van der Waals surface area contributed by atoms with Crippen LogP contribution in [0.25, 0.3) is 0 Å². The highest BCUT2D eigenvalue weighted by Gasteiger charge is 2.37. The highest BCUT2D eigenvalue weighted by atomic mass is 35.5. The van der Waals surface area contributed by atoms with Gasteiger partial charge in [-0.2, -0.15) is 0 Å². The van der Waals surface area contributed by atoms with Crippen LogP contribution < -0.4 is 10.2 Å². The van der Waals surface area contributed by atoms with Gasteiger partial charge < -0.3 is 15.0 Å². The van der Waals surface area contributed by atoms with E-state index in [1.807, 2.05) is 6.92 Å². The van der Waals surface area contributed by atoms with Crippen molar-refractivity contribution in [1.82, 2.24) is 0 Å². The summed E-state index contributed by atoms with van der Waals surface area (Å²) >= 11 is 12.1. The number of rotatable bonds is 5. The summed E-state index contributed by atoms with van der Waals surface area (Å²) in [6.45, 7) is 1.57. The molecule has 2 amide bonds. The summed E-state index contributed by atoms with van der Waals surface area (Å²) in [5.74, 6) is -1.94. The normalized spacial score (nSPS) is 16.2. The van der Waals surface area contributed by atoms with Gasteiger partial charge in [0.25, 0.3) is 5.91 Å². The molecule has 1 fully saturated rings. The summed E-state index contributed by atoms with van der Waals surface area (Å²) < 4.78 is 5.08. The molecule has 0 aromatic heterocycles. The number of halogens is 2. The summed E-state index contributed by atoms with van der Waals surface area (Å²) in [7, 11) is 0. The Morgan fingerprint density at radius 1 is 1.18 bits per heavy atom. The number of anilines is 2. The second-order valence-corrected chi connectivity index (χ2v) is 7.29. The SMILES string of the molecule is Cc1ccc(NC(=O)COC(=O)C2CC(=O)N(c3ccccc3Cl)C2)cc1Cl. The van der Waals surface area contributed by atoms with Crippen LogP contribution in [0, 0.1) is 12.8 Å². The number of carbonyl (C=O) groups is 3. The number of nitrogens with one attached hydrogen (secondary N) is 1. The molecule has 6 nitrogen and oxygen atoms in total. The molecular weight excluding hydrogens is 403 g/mol. The molecule has 3 rings (SSSR count). The van der Waals surface area contributed by atoms with Gasteiger partial charge in [0, 0.05) is 23.7 Å². The zero-order valence-electron chi connectivity index (χ0n) is 15.1. The predicted molar refractivity (Wildman–Crippen MR) is 108 cm³/mol. The van der Waals surface area contributed by atoms with Crippen molar-refractivity contribution in [3.8, 4) is 0 Å². The summed E-state index contributed by atoms with van der Waals surface area (Å²) in [5, 5.41) is 3.57. The first kappa shape index (κ1) is 20.2. The first-order valence-corrected chi connectivity index (χ1v) is 9.38. The van der Waals surface area contributed by atoms with E-state index in [0.717, 1.165) is 5.56 Å². The van der Waals surface area contributed by atoms with E-state index in [2.05, 4.69) is 5.32 Å². The largest absolute Gasteiger partial charge is 0.455 e. The van der Waals surface area contributed by atoms with Crippen molar-refractivity contribution in [3.63, 3.8) is 0 Å². The molecule has 1 unspecified atom stereocenters. The number of nitrogens with zero attached hydrogens (tertiary/aromatic N) is 1. The maximum atomic E-state index is 12.3. The van der Waals surface area contributed by atoms with Crippen molar-refractivity contribution >= 4 is 52.4 Å². The highest BCUT2D eigenvalue weighted by molar-refractivity contribution is 6.34. The molecule has 1 saturated heterocycles. The topological polar surface area (TPSA) is 75.7 Å². The Morgan fingerprint density at radius 2 is 1.93 bits per heavy atom. The van der Waals surface area contributed by atoms with Crippen LogP contribution in [0.2, 0.25) is 10.0 Å². The lowest BCUT2D eigenvalue weighted by molar-refractivity contribution is -0.151. The lowest BCUT2D eigenvalue weighted by Gasteiger charge is -2.17. The average molecular weight is 421 g/mol. The van der Waals surface area contributed by atoms with Crippen LogP contribution in [0.1, 0.15) is 12.0 Å². The number of ether oxygens (including phenoxy) is 1. The minimum Gasteiger partial charge on any atom is -0.455 e. The van der Waals surface area contributed by atoms with E-state index in [1.54, 1.807) is 42.5 Å². The number of hydrogen-bond donors (Lipinski definition) is 1. The summed E-state index contributed by atoms with van der Waals surface area (Å²) in [5.41, 5.74) is 1.95. The van der Waals surface area contributed by atoms with Gasteiger partial charge >= 0.3 is 5.97 Å². The maximum Gasteiger partial charge on any atom is 0.311 e. The van der Waals surface area contributed by atoms with Gasteiger partial charge in [-0.05, 0) is 36.8 Å². The molecule has 1 heterocycles. The molecular formula is C20H18Cl2N2O4. The number of esters is 1. The van der Waals surface area contributed by atoms with Gasteiger partial charge in [0.15, 0.2) is 6.61 Å². The number of carbonyl (C=O) groups excluding carboxylic acids is 3. The number of benzene rings is 2. The van der Waals surface area contributed by atoms with Crippen LogP contribution in [0.4, 0.5) is 11.4 Å². The lowest BCUT2D eigenvalue weighted by Crippen LogP contribution is -2.28. The second kappa shape index (κ2) is 8.63. The fourth-order valence-electron chi connectivity index (χ4n) is 2.89. The van der Waals surface area contributed by atoms with Crippen LogP contribution in [0.3, 0.4) is 0 Å². The van der Waals surface area contributed by atoms with Crippen molar-refractivity contribution in [2.75, 3.05) is 23.4 Å². The summed E-state index contributed by atoms with van der Waals surface area (Å²) in [6.07, 6.45) is 0.0131. The van der Waals surface area contributed by atoms with Gasteiger partial charge in [0.05, 0.1) is 16.6 Å². The molecule has 0 spiro atoms. The summed E-state index contributed by atoms with van der Waals surface area (Å²) in [6, 6.07) is 12.0. The van der Waals surface area contributed by atoms with Crippen molar-refractivity contribution in [2.45, 2.75) is 13.3 Å². The Hall–Kier alpha value is -2.57. The molecule has 1 atom stereocenters. The van der Waals surface area contributed by atoms with Gasteiger partial charge in [0.2, 0.25) is 5.91 Å². The summed E-state index contributed by atoms with van der Waals surface area (Å²) in [4.78, 5) is 38.0. The van der Waals surface area contributed by atoms with Gasteiger partial charge in [-0.15, -0.1) is 0 Å². The van der Waals surface area contributed by atoms with Gasteiger partial charge in [-0.1, -0.05) is 41.4 Å². The van der Waals surface area contributed by atoms with Crippen molar-refractivity contribution in [2.24, 2.45) is 5.92 Å². The third-order valence-corrected chi connectivity index (χ3v) is 5.13. The molecule has 0 bridgehead atoms. The number of para-hydroxylation sites is 1.